The maximum Gasteiger partial charge on any atom is 0.261 e. The average molecular weight is 538 g/mol. The molecule has 3 saturated heterocycles. The maximum absolute atomic E-state index is 14.3. The number of nitrogens with one attached hydrogen (secondary N) is 1. The highest BCUT2D eigenvalue weighted by Gasteiger charge is 2.49. The van der Waals surface area contributed by atoms with Crippen LogP contribution in [0.2, 0.25) is 0 Å². The number of carbonyl (C=O) groups is 2. The lowest BCUT2D eigenvalue weighted by Crippen LogP contribution is -2.47. The Morgan fingerprint density at radius 2 is 1.74 bits per heavy atom. The van der Waals surface area contributed by atoms with E-state index < -0.39 is 29.4 Å². The molecule has 202 valence electrons. The first-order chi connectivity index (χ1) is 18.8. The number of ether oxygens (including phenoxy) is 1. The van der Waals surface area contributed by atoms with Gasteiger partial charge in [-0.25, -0.2) is 18.2 Å². The predicted molar refractivity (Wildman–Crippen MR) is 134 cm³/mol. The lowest BCUT2D eigenvalue weighted by atomic mass is 9.85. The fourth-order valence-corrected chi connectivity index (χ4v) is 6.13. The van der Waals surface area contributed by atoms with Gasteiger partial charge in [-0.05, 0) is 80.5 Å². The largest absolute Gasteiger partial charge is 0.507 e. The molecular weight excluding hydrogens is 511 g/mol. The number of Topliss-reactive ketones (excluding diaryl/α,β-unsaturated/α-hetero) is 1. The topological polar surface area (TPSA) is 102 Å². The van der Waals surface area contributed by atoms with E-state index in [4.69, 9.17) is 4.74 Å². The molecule has 2 N–H and O–H groups in total. The molecule has 1 aromatic heterocycles. The van der Waals surface area contributed by atoms with Gasteiger partial charge in [-0.15, -0.1) is 0 Å². The van der Waals surface area contributed by atoms with Crippen LogP contribution in [0.15, 0.2) is 54.7 Å². The van der Waals surface area contributed by atoms with Gasteiger partial charge < -0.3 is 20.1 Å². The number of aromatic hydroxyl groups is 1. The maximum atomic E-state index is 14.3. The first-order valence-corrected chi connectivity index (χ1v) is 13.0. The lowest BCUT2D eigenvalue weighted by Gasteiger charge is -2.39. The Labute approximate surface area is 222 Å². The van der Waals surface area contributed by atoms with Crippen molar-refractivity contribution in [1.29, 1.82) is 0 Å². The second-order valence-electron chi connectivity index (χ2n) is 10.5. The van der Waals surface area contributed by atoms with E-state index in [0.29, 0.717) is 6.42 Å². The fourth-order valence-electron chi connectivity index (χ4n) is 6.13. The molecular formula is C29H26F3N3O4. The summed E-state index contributed by atoms with van der Waals surface area (Å²) < 4.78 is 47.2. The summed E-state index contributed by atoms with van der Waals surface area (Å²) in [4.78, 5) is 32.1. The third-order valence-corrected chi connectivity index (χ3v) is 7.94. The van der Waals surface area contributed by atoms with Crippen molar-refractivity contribution in [3.05, 3.63) is 83.3 Å². The number of phenols is 1. The average Bonchev–Trinajstić information content (AvgIpc) is 3.61. The molecule has 3 unspecified atom stereocenters. The molecule has 3 aromatic rings. The third-order valence-electron chi connectivity index (χ3n) is 7.94. The lowest BCUT2D eigenvalue weighted by molar-refractivity contribution is 0.0509. The quantitative estimate of drug-likeness (QED) is 0.325. The molecule has 10 heteroatoms. The second-order valence-corrected chi connectivity index (χ2v) is 10.5. The van der Waals surface area contributed by atoms with Crippen molar-refractivity contribution in [2.75, 3.05) is 0 Å². The minimum Gasteiger partial charge on any atom is -0.507 e. The van der Waals surface area contributed by atoms with Crippen molar-refractivity contribution in [1.82, 2.24) is 15.2 Å². The summed E-state index contributed by atoms with van der Waals surface area (Å²) in [5, 5.41) is 13.3. The summed E-state index contributed by atoms with van der Waals surface area (Å²) in [7, 11) is 0. The van der Waals surface area contributed by atoms with Crippen molar-refractivity contribution in [3.63, 3.8) is 0 Å². The van der Waals surface area contributed by atoms with Crippen LogP contribution in [0.25, 0.3) is 0 Å². The van der Waals surface area contributed by atoms with Crippen molar-refractivity contribution < 1.29 is 32.6 Å². The molecule has 4 heterocycles. The number of rotatable bonds is 7. The Morgan fingerprint density at radius 1 is 1.03 bits per heavy atom. The summed E-state index contributed by atoms with van der Waals surface area (Å²) in [5.41, 5.74) is -0.283. The number of carbonyl (C=O) groups excluding carboxylic acids is 2. The Bertz CT molecular complexity index is 1400. The fraction of sp³-hybridized carbons (Fsp3) is 0.345. The van der Waals surface area contributed by atoms with Gasteiger partial charge in [-0.1, -0.05) is 6.07 Å². The van der Waals surface area contributed by atoms with Crippen LogP contribution in [0.4, 0.5) is 13.2 Å². The van der Waals surface area contributed by atoms with E-state index in [0.717, 1.165) is 37.9 Å². The highest BCUT2D eigenvalue weighted by molar-refractivity contribution is 6.04. The van der Waals surface area contributed by atoms with Gasteiger partial charge in [0.1, 0.15) is 34.5 Å². The Balaban J connectivity index is 1.10. The monoisotopic (exact) mass is 537 g/mol. The first-order valence-electron chi connectivity index (χ1n) is 13.0. The molecule has 2 bridgehead atoms. The zero-order valence-electron chi connectivity index (χ0n) is 20.8. The van der Waals surface area contributed by atoms with Gasteiger partial charge in [-0.3, -0.25) is 9.59 Å². The van der Waals surface area contributed by atoms with Gasteiger partial charge in [0.2, 0.25) is 5.88 Å². The SMILES string of the molecule is O=C(c1cc(F)cnc1Oc1ccc(F)cc1)C1NC1CC1C[C@H]2CC[C@@H](C1)N2C(=O)c1c(O)cccc1F. The smallest absolute Gasteiger partial charge is 0.261 e. The molecule has 2 aromatic carbocycles. The van der Waals surface area contributed by atoms with E-state index in [2.05, 4.69) is 10.3 Å². The zero-order chi connectivity index (χ0) is 27.3. The number of nitrogens with zero attached hydrogens (tertiary/aromatic N) is 2. The number of amides is 1. The number of piperidine rings is 1. The van der Waals surface area contributed by atoms with Gasteiger partial charge in [0, 0.05) is 18.1 Å². The number of benzene rings is 2. The summed E-state index contributed by atoms with van der Waals surface area (Å²) >= 11 is 0. The van der Waals surface area contributed by atoms with Crippen LogP contribution < -0.4 is 10.1 Å². The van der Waals surface area contributed by atoms with Crippen LogP contribution in [0.1, 0.15) is 52.8 Å². The van der Waals surface area contributed by atoms with Gasteiger partial charge in [-0.2, -0.15) is 0 Å². The molecule has 6 rings (SSSR count). The van der Waals surface area contributed by atoms with Crippen LogP contribution in [-0.2, 0) is 0 Å². The van der Waals surface area contributed by atoms with Gasteiger partial charge in [0.15, 0.2) is 5.78 Å². The van der Waals surface area contributed by atoms with Crippen molar-refractivity contribution in [2.24, 2.45) is 5.92 Å². The number of ketones is 1. The molecule has 0 radical (unpaired) electrons. The molecule has 3 fully saturated rings. The highest BCUT2D eigenvalue weighted by Crippen LogP contribution is 2.43. The molecule has 1 amide bonds. The minimum atomic E-state index is -0.736. The van der Waals surface area contributed by atoms with Gasteiger partial charge in [0.05, 0.1) is 17.8 Å². The zero-order valence-corrected chi connectivity index (χ0v) is 20.8. The van der Waals surface area contributed by atoms with Gasteiger partial charge >= 0.3 is 0 Å². The number of hydrogen-bond acceptors (Lipinski definition) is 6. The summed E-state index contributed by atoms with van der Waals surface area (Å²) in [6.45, 7) is 0. The standard InChI is InChI=1S/C29H26F3N3O4/c30-16-4-8-20(9-5-16)39-28-21(13-17(31)14-33-28)27(37)26-23(34-26)12-15-10-18-6-7-19(11-15)35(18)29(38)25-22(32)2-1-3-24(25)36/h1-5,8-9,13-15,18-19,23,26,34,36H,6-7,10-12H2/t15?,18-,19+,23?,26?. The number of fused-ring (bicyclic) bond motifs is 2. The Hall–Kier alpha value is -3.92. The van der Waals surface area contributed by atoms with Crippen molar-refractivity contribution in [3.8, 4) is 17.4 Å². The Morgan fingerprint density at radius 3 is 2.44 bits per heavy atom. The molecule has 0 aliphatic carbocycles. The van der Waals surface area contributed by atoms with Crippen molar-refractivity contribution in [2.45, 2.75) is 56.3 Å². The first kappa shape index (κ1) is 25.4. The second kappa shape index (κ2) is 10.00. The van der Waals surface area contributed by atoms with Gasteiger partial charge in [0.25, 0.3) is 5.91 Å². The summed E-state index contributed by atoms with van der Waals surface area (Å²) in [6.07, 6.45) is 4.71. The van der Waals surface area contributed by atoms with E-state index in [-0.39, 0.29) is 58.3 Å². The summed E-state index contributed by atoms with van der Waals surface area (Å²) in [6, 6.07) is 9.40. The van der Waals surface area contributed by atoms with E-state index in [1.54, 1.807) is 4.90 Å². The molecule has 39 heavy (non-hydrogen) atoms. The molecule has 0 saturated carbocycles. The van der Waals surface area contributed by atoms with Crippen LogP contribution >= 0.6 is 0 Å². The number of phenolic OH excluding ortho intramolecular Hbond substituents is 1. The van der Waals surface area contributed by atoms with E-state index in [9.17, 15) is 27.9 Å². The van der Waals surface area contributed by atoms with Crippen LogP contribution in [0.5, 0.6) is 17.4 Å². The molecule has 3 aliphatic rings. The molecule has 7 nitrogen and oxygen atoms in total. The van der Waals surface area contributed by atoms with Crippen LogP contribution in [-0.4, -0.2) is 50.8 Å². The van der Waals surface area contributed by atoms with Crippen LogP contribution in [0, 0.1) is 23.4 Å². The number of pyridine rings is 1. The van der Waals surface area contributed by atoms with E-state index in [1.165, 1.54) is 42.5 Å². The Kier molecular flexibility index (Phi) is 6.50. The number of aromatic nitrogens is 1. The number of halogens is 3. The van der Waals surface area contributed by atoms with E-state index >= 15 is 0 Å². The minimum absolute atomic E-state index is 0.00417. The normalized spacial score (nSPS) is 25.4. The van der Waals surface area contributed by atoms with Crippen LogP contribution in [0.3, 0.4) is 0 Å². The summed E-state index contributed by atoms with van der Waals surface area (Å²) in [5.74, 6) is -2.57. The molecule has 5 atom stereocenters. The number of hydrogen-bond donors (Lipinski definition) is 2. The van der Waals surface area contributed by atoms with Crippen molar-refractivity contribution >= 4 is 11.7 Å². The molecule has 0 spiro atoms. The molecule has 3 aliphatic heterocycles. The third kappa shape index (κ3) is 4.96. The highest BCUT2D eigenvalue weighted by atomic mass is 19.1. The predicted octanol–water partition coefficient (Wildman–Crippen LogP) is 4.99. The van der Waals surface area contributed by atoms with E-state index in [1.807, 2.05) is 0 Å².